The maximum atomic E-state index is 12.2. The summed E-state index contributed by atoms with van der Waals surface area (Å²) < 4.78 is 6.11. The van der Waals surface area contributed by atoms with Crippen molar-refractivity contribution in [2.24, 2.45) is 0 Å². The third-order valence-electron chi connectivity index (χ3n) is 3.66. The molecule has 2 unspecified atom stereocenters. The number of rotatable bonds is 4. The second-order valence-electron chi connectivity index (χ2n) is 5.13. The topological polar surface area (TPSA) is 50.4 Å². The van der Waals surface area contributed by atoms with E-state index in [-0.39, 0.29) is 30.4 Å². The van der Waals surface area contributed by atoms with Crippen LogP contribution in [0.3, 0.4) is 0 Å². The first-order chi connectivity index (χ1) is 9.61. The Morgan fingerprint density at radius 2 is 2.24 bits per heavy atom. The van der Waals surface area contributed by atoms with E-state index < -0.39 is 0 Å². The molecule has 0 aliphatic carbocycles. The van der Waals surface area contributed by atoms with Crippen molar-refractivity contribution >= 4 is 34.2 Å². The van der Waals surface area contributed by atoms with Crippen LogP contribution in [0.25, 0.3) is 0 Å². The van der Waals surface area contributed by atoms with E-state index in [0.717, 1.165) is 41.6 Å². The highest BCUT2D eigenvalue weighted by molar-refractivity contribution is 9.10. The molecule has 118 valence electrons. The number of amides is 1. The Balaban J connectivity index is 0.00000220. The standard InChI is InChI=1S/C15H21BrN2O2.ClH/c1-10(11-6-7-14(20-2)12(16)9-11)18-15(19)13-5-3-4-8-17-13;/h6-7,9-10,13,17H,3-5,8H2,1-2H3,(H,18,19);1H. The molecule has 0 bridgehead atoms. The fourth-order valence-electron chi connectivity index (χ4n) is 2.42. The molecule has 1 aliphatic rings. The number of carbonyl (C=O) groups is 1. The smallest absolute Gasteiger partial charge is 0.237 e. The van der Waals surface area contributed by atoms with Crippen LogP contribution in [0.2, 0.25) is 0 Å². The summed E-state index contributed by atoms with van der Waals surface area (Å²) in [5, 5.41) is 6.33. The van der Waals surface area contributed by atoms with Crippen molar-refractivity contribution in [1.29, 1.82) is 0 Å². The molecule has 6 heteroatoms. The number of methoxy groups -OCH3 is 1. The van der Waals surface area contributed by atoms with Crippen LogP contribution in [0.15, 0.2) is 22.7 Å². The first-order valence-electron chi connectivity index (χ1n) is 6.99. The second-order valence-corrected chi connectivity index (χ2v) is 5.98. The number of hydrogen-bond donors (Lipinski definition) is 2. The van der Waals surface area contributed by atoms with Gasteiger partial charge in [0.1, 0.15) is 5.75 Å². The minimum atomic E-state index is -0.0483. The first kappa shape index (κ1) is 18.3. The van der Waals surface area contributed by atoms with Crippen molar-refractivity contribution < 1.29 is 9.53 Å². The van der Waals surface area contributed by atoms with E-state index in [4.69, 9.17) is 4.74 Å². The summed E-state index contributed by atoms with van der Waals surface area (Å²) in [5.74, 6) is 0.880. The molecule has 1 aromatic carbocycles. The van der Waals surface area contributed by atoms with E-state index in [9.17, 15) is 4.79 Å². The van der Waals surface area contributed by atoms with Crippen LogP contribution in [0, 0.1) is 0 Å². The van der Waals surface area contributed by atoms with Gasteiger partial charge < -0.3 is 15.4 Å². The summed E-state index contributed by atoms with van der Waals surface area (Å²) in [6.07, 6.45) is 3.20. The number of piperidine rings is 1. The lowest BCUT2D eigenvalue weighted by atomic mass is 10.0. The highest BCUT2D eigenvalue weighted by atomic mass is 79.9. The lowest BCUT2D eigenvalue weighted by Gasteiger charge is -2.25. The predicted molar refractivity (Wildman–Crippen MR) is 90.1 cm³/mol. The Labute approximate surface area is 140 Å². The van der Waals surface area contributed by atoms with Crippen molar-refractivity contribution in [2.45, 2.75) is 38.3 Å². The molecule has 2 rings (SSSR count). The molecule has 1 aliphatic heterocycles. The number of hydrogen-bond acceptors (Lipinski definition) is 3. The van der Waals surface area contributed by atoms with Gasteiger partial charge in [-0.3, -0.25) is 4.79 Å². The van der Waals surface area contributed by atoms with Crippen molar-refractivity contribution in [3.05, 3.63) is 28.2 Å². The quantitative estimate of drug-likeness (QED) is 0.847. The van der Waals surface area contributed by atoms with Gasteiger partial charge >= 0.3 is 0 Å². The van der Waals surface area contributed by atoms with Gasteiger partial charge in [0.15, 0.2) is 0 Å². The highest BCUT2D eigenvalue weighted by Gasteiger charge is 2.22. The minimum Gasteiger partial charge on any atom is -0.496 e. The van der Waals surface area contributed by atoms with Crippen LogP contribution in [-0.4, -0.2) is 25.6 Å². The SMILES string of the molecule is COc1ccc(C(C)NC(=O)C2CCCCN2)cc1Br.Cl. The van der Waals surface area contributed by atoms with Gasteiger partial charge in [0.25, 0.3) is 0 Å². The molecule has 21 heavy (non-hydrogen) atoms. The summed E-state index contributed by atoms with van der Waals surface area (Å²) in [5.41, 5.74) is 1.06. The summed E-state index contributed by atoms with van der Waals surface area (Å²) in [6, 6.07) is 5.79. The van der Waals surface area contributed by atoms with Gasteiger partial charge in [-0.25, -0.2) is 0 Å². The van der Waals surface area contributed by atoms with Gasteiger partial charge in [-0.05, 0) is 59.9 Å². The van der Waals surface area contributed by atoms with Gasteiger partial charge in [0, 0.05) is 0 Å². The molecule has 1 aromatic rings. The molecule has 1 saturated heterocycles. The average molecular weight is 378 g/mol. The Morgan fingerprint density at radius 1 is 1.48 bits per heavy atom. The number of ether oxygens (including phenoxy) is 1. The number of benzene rings is 1. The summed E-state index contributed by atoms with van der Waals surface area (Å²) >= 11 is 3.47. The largest absolute Gasteiger partial charge is 0.496 e. The van der Waals surface area contributed by atoms with E-state index in [2.05, 4.69) is 26.6 Å². The fraction of sp³-hybridized carbons (Fsp3) is 0.533. The van der Waals surface area contributed by atoms with Crippen LogP contribution in [0.4, 0.5) is 0 Å². The molecule has 0 radical (unpaired) electrons. The molecule has 1 heterocycles. The van der Waals surface area contributed by atoms with Gasteiger partial charge in [0.2, 0.25) is 5.91 Å². The van der Waals surface area contributed by atoms with E-state index in [1.165, 1.54) is 0 Å². The van der Waals surface area contributed by atoms with Crippen LogP contribution >= 0.6 is 28.3 Å². The van der Waals surface area contributed by atoms with Crippen molar-refractivity contribution in [3.8, 4) is 5.75 Å². The minimum absolute atomic E-state index is 0. The van der Waals surface area contributed by atoms with Crippen molar-refractivity contribution in [1.82, 2.24) is 10.6 Å². The molecule has 0 spiro atoms. The third-order valence-corrected chi connectivity index (χ3v) is 4.28. The first-order valence-corrected chi connectivity index (χ1v) is 7.78. The lowest BCUT2D eigenvalue weighted by Crippen LogP contribution is -2.47. The zero-order valence-electron chi connectivity index (χ0n) is 12.3. The van der Waals surface area contributed by atoms with E-state index in [1.807, 2.05) is 25.1 Å². The predicted octanol–water partition coefficient (Wildman–Crippen LogP) is 3.20. The molecule has 1 fully saturated rings. The maximum Gasteiger partial charge on any atom is 0.237 e. The number of halogens is 2. The molecule has 4 nitrogen and oxygen atoms in total. The molecule has 2 atom stereocenters. The van der Waals surface area contributed by atoms with Crippen molar-refractivity contribution in [2.75, 3.05) is 13.7 Å². The van der Waals surface area contributed by atoms with E-state index >= 15 is 0 Å². The van der Waals surface area contributed by atoms with Gasteiger partial charge in [-0.2, -0.15) is 0 Å². The Bertz CT molecular complexity index is 479. The average Bonchev–Trinajstić information content (AvgIpc) is 2.48. The molecular weight excluding hydrogens is 356 g/mol. The van der Waals surface area contributed by atoms with E-state index in [1.54, 1.807) is 7.11 Å². The van der Waals surface area contributed by atoms with E-state index in [0.29, 0.717) is 0 Å². The molecule has 1 amide bonds. The van der Waals surface area contributed by atoms with Crippen LogP contribution < -0.4 is 15.4 Å². The third kappa shape index (κ3) is 4.87. The fourth-order valence-corrected chi connectivity index (χ4v) is 2.98. The second kappa shape index (κ2) is 8.61. The molecule has 0 saturated carbocycles. The Morgan fingerprint density at radius 3 is 2.81 bits per heavy atom. The Hall–Kier alpha value is -0.780. The molecule has 0 aromatic heterocycles. The van der Waals surface area contributed by atoms with Crippen LogP contribution in [0.1, 0.15) is 37.8 Å². The van der Waals surface area contributed by atoms with Gasteiger partial charge in [-0.1, -0.05) is 12.5 Å². The maximum absolute atomic E-state index is 12.2. The monoisotopic (exact) mass is 376 g/mol. The van der Waals surface area contributed by atoms with Crippen LogP contribution in [0.5, 0.6) is 5.75 Å². The van der Waals surface area contributed by atoms with Gasteiger partial charge in [0.05, 0.1) is 23.7 Å². The summed E-state index contributed by atoms with van der Waals surface area (Å²) in [6.45, 7) is 2.93. The summed E-state index contributed by atoms with van der Waals surface area (Å²) in [7, 11) is 1.64. The van der Waals surface area contributed by atoms with Crippen LogP contribution in [-0.2, 0) is 4.79 Å². The zero-order valence-corrected chi connectivity index (χ0v) is 14.7. The molecule has 2 N–H and O–H groups in total. The summed E-state index contributed by atoms with van der Waals surface area (Å²) in [4.78, 5) is 12.2. The molecular formula is C15H22BrClN2O2. The van der Waals surface area contributed by atoms with Gasteiger partial charge in [-0.15, -0.1) is 12.4 Å². The highest BCUT2D eigenvalue weighted by Crippen LogP contribution is 2.28. The number of nitrogens with one attached hydrogen (secondary N) is 2. The number of carbonyl (C=O) groups excluding carboxylic acids is 1. The van der Waals surface area contributed by atoms with Crippen molar-refractivity contribution in [3.63, 3.8) is 0 Å². The zero-order chi connectivity index (χ0) is 14.5. The Kier molecular flexibility index (Phi) is 7.49. The normalized spacial score (nSPS) is 19.3. The lowest BCUT2D eigenvalue weighted by molar-refractivity contribution is -0.124.